The summed E-state index contributed by atoms with van der Waals surface area (Å²) in [6.07, 6.45) is 4.39. The molecule has 2 nitrogen and oxygen atoms in total. The van der Waals surface area contributed by atoms with E-state index in [2.05, 4.69) is 6.26 Å². The van der Waals surface area contributed by atoms with Gasteiger partial charge in [0.1, 0.15) is 0 Å². The number of carbonyl (C=O) groups is 1. The first-order valence-corrected chi connectivity index (χ1v) is 5.41. The smallest absolute Gasteiger partial charge is 0.225 e. The van der Waals surface area contributed by atoms with Crippen LogP contribution in [-0.4, -0.2) is 35.4 Å². The lowest BCUT2D eigenvalue weighted by Gasteiger charge is -2.38. The molecule has 0 spiro atoms. The van der Waals surface area contributed by atoms with Crippen molar-refractivity contribution in [3.63, 3.8) is 0 Å². The lowest BCUT2D eigenvalue weighted by Crippen LogP contribution is -2.52. The summed E-state index contributed by atoms with van der Waals surface area (Å²) in [5.74, 6) is 0.827. The predicted octanol–water partition coefficient (Wildman–Crippen LogP) is 0.970. The van der Waals surface area contributed by atoms with E-state index in [1.165, 1.54) is 0 Å². The SMILES string of the molecule is CSC1CN(C(=O)C2CC2)C1. The van der Waals surface area contributed by atoms with E-state index in [4.69, 9.17) is 0 Å². The molecule has 1 saturated heterocycles. The molecule has 1 saturated carbocycles. The zero-order valence-electron chi connectivity index (χ0n) is 6.75. The van der Waals surface area contributed by atoms with Gasteiger partial charge in [-0.2, -0.15) is 11.8 Å². The molecule has 0 bridgehead atoms. The number of thioether (sulfide) groups is 1. The summed E-state index contributed by atoms with van der Waals surface area (Å²) in [7, 11) is 0. The first-order chi connectivity index (χ1) is 5.31. The highest BCUT2D eigenvalue weighted by atomic mass is 32.2. The van der Waals surface area contributed by atoms with Crippen LogP contribution in [0.15, 0.2) is 0 Å². The fraction of sp³-hybridized carbons (Fsp3) is 0.875. The average Bonchev–Trinajstić information content (AvgIpc) is 2.65. The standard InChI is InChI=1S/C8H13NOS/c1-11-7-4-9(5-7)8(10)6-2-3-6/h6-7H,2-5H2,1H3. The number of amides is 1. The van der Waals surface area contributed by atoms with Crippen molar-refractivity contribution in [2.45, 2.75) is 18.1 Å². The molecule has 1 aliphatic heterocycles. The first kappa shape index (κ1) is 7.47. The van der Waals surface area contributed by atoms with Crippen molar-refractivity contribution in [1.82, 2.24) is 4.90 Å². The third kappa shape index (κ3) is 1.39. The van der Waals surface area contributed by atoms with Crippen molar-refractivity contribution < 1.29 is 4.79 Å². The Morgan fingerprint density at radius 1 is 1.45 bits per heavy atom. The Morgan fingerprint density at radius 2 is 2.09 bits per heavy atom. The molecule has 62 valence electrons. The van der Waals surface area contributed by atoms with Gasteiger partial charge in [0.25, 0.3) is 0 Å². The van der Waals surface area contributed by atoms with Gasteiger partial charge in [-0.15, -0.1) is 0 Å². The highest BCUT2D eigenvalue weighted by molar-refractivity contribution is 7.99. The highest BCUT2D eigenvalue weighted by Gasteiger charge is 2.38. The van der Waals surface area contributed by atoms with Gasteiger partial charge in [-0.3, -0.25) is 4.79 Å². The normalized spacial score (nSPS) is 25.0. The van der Waals surface area contributed by atoms with Gasteiger partial charge in [0.05, 0.1) is 0 Å². The topological polar surface area (TPSA) is 20.3 Å². The van der Waals surface area contributed by atoms with E-state index in [-0.39, 0.29) is 0 Å². The Hall–Kier alpha value is -0.180. The lowest BCUT2D eigenvalue weighted by molar-refractivity contribution is -0.135. The minimum absolute atomic E-state index is 0.412. The summed E-state index contributed by atoms with van der Waals surface area (Å²) < 4.78 is 0. The third-order valence-corrected chi connectivity index (χ3v) is 3.38. The van der Waals surface area contributed by atoms with E-state index < -0.39 is 0 Å². The molecule has 1 heterocycles. The van der Waals surface area contributed by atoms with Gasteiger partial charge in [-0.05, 0) is 19.1 Å². The Bertz CT molecular complexity index is 173. The van der Waals surface area contributed by atoms with Crippen LogP contribution in [0.25, 0.3) is 0 Å². The molecule has 0 unspecified atom stereocenters. The minimum Gasteiger partial charge on any atom is -0.340 e. The fourth-order valence-corrected chi connectivity index (χ4v) is 2.01. The van der Waals surface area contributed by atoms with Crippen LogP contribution in [-0.2, 0) is 4.79 Å². The summed E-state index contributed by atoms with van der Waals surface area (Å²) in [4.78, 5) is 13.4. The largest absolute Gasteiger partial charge is 0.340 e. The second kappa shape index (κ2) is 2.70. The van der Waals surface area contributed by atoms with Crippen LogP contribution in [0.2, 0.25) is 0 Å². The summed E-state index contributed by atoms with van der Waals surface area (Å²) in [5.41, 5.74) is 0. The average molecular weight is 171 g/mol. The summed E-state index contributed by atoms with van der Waals surface area (Å²) in [6, 6.07) is 0. The maximum Gasteiger partial charge on any atom is 0.225 e. The molecule has 0 aromatic rings. The number of carbonyl (C=O) groups excluding carboxylic acids is 1. The molecule has 2 fully saturated rings. The van der Waals surface area contributed by atoms with Gasteiger partial charge >= 0.3 is 0 Å². The maximum atomic E-state index is 11.4. The van der Waals surface area contributed by atoms with Crippen LogP contribution in [0.1, 0.15) is 12.8 Å². The second-order valence-electron chi connectivity index (χ2n) is 3.38. The fourth-order valence-electron chi connectivity index (χ4n) is 1.36. The van der Waals surface area contributed by atoms with Crippen LogP contribution < -0.4 is 0 Å². The quantitative estimate of drug-likeness (QED) is 0.617. The van der Waals surface area contributed by atoms with Gasteiger partial charge in [0.15, 0.2) is 0 Å². The molecule has 0 radical (unpaired) electrons. The third-order valence-electron chi connectivity index (χ3n) is 2.42. The van der Waals surface area contributed by atoms with Crippen molar-refractivity contribution >= 4 is 17.7 Å². The van der Waals surface area contributed by atoms with Crippen molar-refractivity contribution in [3.05, 3.63) is 0 Å². The van der Waals surface area contributed by atoms with Crippen molar-refractivity contribution in [2.24, 2.45) is 5.92 Å². The second-order valence-corrected chi connectivity index (χ2v) is 4.51. The molecular formula is C8H13NOS. The number of likely N-dealkylation sites (tertiary alicyclic amines) is 1. The first-order valence-electron chi connectivity index (χ1n) is 4.13. The van der Waals surface area contributed by atoms with Crippen molar-refractivity contribution in [1.29, 1.82) is 0 Å². The predicted molar refractivity (Wildman–Crippen MR) is 46.6 cm³/mol. The van der Waals surface area contributed by atoms with E-state index in [1.54, 1.807) is 0 Å². The van der Waals surface area contributed by atoms with Gasteiger partial charge in [0.2, 0.25) is 5.91 Å². The van der Waals surface area contributed by atoms with Crippen LogP contribution >= 0.6 is 11.8 Å². The molecule has 0 N–H and O–H groups in total. The van der Waals surface area contributed by atoms with Crippen molar-refractivity contribution in [2.75, 3.05) is 19.3 Å². The molecule has 2 aliphatic rings. The molecule has 2 rings (SSSR count). The van der Waals surface area contributed by atoms with E-state index in [0.717, 1.165) is 31.2 Å². The maximum absolute atomic E-state index is 11.4. The lowest BCUT2D eigenvalue weighted by atomic mass is 10.2. The molecular weight excluding hydrogens is 158 g/mol. The zero-order valence-corrected chi connectivity index (χ0v) is 7.56. The van der Waals surface area contributed by atoms with Crippen LogP contribution in [0.3, 0.4) is 0 Å². The number of rotatable bonds is 2. The molecule has 3 heteroatoms. The molecule has 1 aliphatic carbocycles. The minimum atomic E-state index is 0.412. The summed E-state index contributed by atoms with van der Waals surface area (Å²) >= 11 is 1.87. The Labute approximate surface area is 71.3 Å². The van der Waals surface area contributed by atoms with Gasteiger partial charge in [-0.25, -0.2) is 0 Å². The molecule has 0 atom stereocenters. The van der Waals surface area contributed by atoms with Crippen LogP contribution in [0, 0.1) is 5.92 Å². The molecule has 11 heavy (non-hydrogen) atoms. The van der Waals surface area contributed by atoms with E-state index in [9.17, 15) is 4.79 Å². The Kier molecular flexibility index (Phi) is 1.83. The van der Waals surface area contributed by atoms with Crippen LogP contribution in [0.5, 0.6) is 0 Å². The number of hydrogen-bond donors (Lipinski definition) is 0. The summed E-state index contributed by atoms with van der Waals surface area (Å²) in [5, 5.41) is 0.720. The van der Waals surface area contributed by atoms with Gasteiger partial charge in [0, 0.05) is 24.3 Å². The van der Waals surface area contributed by atoms with Crippen molar-refractivity contribution in [3.8, 4) is 0 Å². The van der Waals surface area contributed by atoms with Gasteiger partial charge in [-0.1, -0.05) is 0 Å². The van der Waals surface area contributed by atoms with Gasteiger partial charge < -0.3 is 4.90 Å². The monoisotopic (exact) mass is 171 g/mol. The molecule has 0 aromatic heterocycles. The number of hydrogen-bond acceptors (Lipinski definition) is 2. The van der Waals surface area contributed by atoms with E-state index >= 15 is 0 Å². The summed E-state index contributed by atoms with van der Waals surface area (Å²) in [6.45, 7) is 1.99. The van der Waals surface area contributed by atoms with Crippen LogP contribution in [0.4, 0.5) is 0 Å². The highest BCUT2D eigenvalue weighted by Crippen LogP contribution is 2.33. The molecule has 0 aromatic carbocycles. The van der Waals surface area contributed by atoms with E-state index in [0.29, 0.717) is 11.8 Å². The Balaban J connectivity index is 1.76. The zero-order chi connectivity index (χ0) is 7.84. The number of nitrogens with zero attached hydrogens (tertiary/aromatic N) is 1. The van der Waals surface area contributed by atoms with E-state index in [1.807, 2.05) is 16.7 Å². The Morgan fingerprint density at radius 3 is 2.55 bits per heavy atom. The molecule has 1 amide bonds.